The van der Waals surface area contributed by atoms with Crippen LogP contribution in [0.1, 0.15) is 19.4 Å². The van der Waals surface area contributed by atoms with Crippen molar-refractivity contribution in [2.45, 2.75) is 26.9 Å². The highest BCUT2D eigenvalue weighted by Gasteiger charge is 2.27. The van der Waals surface area contributed by atoms with Crippen molar-refractivity contribution in [1.29, 1.82) is 0 Å². The van der Waals surface area contributed by atoms with Crippen molar-refractivity contribution >= 4 is 11.9 Å². The van der Waals surface area contributed by atoms with Crippen LogP contribution in [0.2, 0.25) is 0 Å². The van der Waals surface area contributed by atoms with Gasteiger partial charge in [0.2, 0.25) is 0 Å². The van der Waals surface area contributed by atoms with Gasteiger partial charge in [-0.2, -0.15) is 0 Å². The molecule has 1 aliphatic rings. The Hall–Kier alpha value is -2.24. The molecular formula is C17H25N3O3. The molecule has 1 heterocycles. The van der Waals surface area contributed by atoms with Gasteiger partial charge in [-0.3, -0.25) is 4.79 Å². The maximum atomic E-state index is 12.5. The Kier molecular flexibility index (Phi) is 5.84. The Balaban J connectivity index is 1.84. The average Bonchev–Trinajstić information content (AvgIpc) is 2.56. The van der Waals surface area contributed by atoms with Crippen LogP contribution in [0.4, 0.5) is 4.79 Å². The molecule has 1 aliphatic heterocycles. The van der Waals surface area contributed by atoms with E-state index in [9.17, 15) is 9.59 Å². The molecule has 126 valence electrons. The van der Waals surface area contributed by atoms with E-state index in [1.54, 1.807) is 16.7 Å². The van der Waals surface area contributed by atoms with E-state index in [-0.39, 0.29) is 11.9 Å². The molecule has 0 bridgehead atoms. The van der Waals surface area contributed by atoms with E-state index in [2.05, 4.69) is 5.32 Å². The van der Waals surface area contributed by atoms with Gasteiger partial charge in [0.1, 0.15) is 5.75 Å². The van der Waals surface area contributed by atoms with E-state index in [0.29, 0.717) is 38.5 Å². The number of ether oxygens (including phenoxy) is 1. The zero-order valence-electron chi connectivity index (χ0n) is 14.0. The molecule has 1 atom stereocenters. The van der Waals surface area contributed by atoms with Gasteiger partial charge in [-0.25, -0.2) is 4.79 Å². The summed E-state index contributed by atoms with van der Waals surface area (Å²) in [6.07, 6.45) is -0.534. The van der Waals surface area contributed by atoms with Gasteiger partial charge in [-0.1, -0.05) is 17.7 Å². The third-order valence-corrected chi connectivity index (χ3v) is 3.89. The zero-order chi connectivity index (χ0) is 16.8. The largest absolute Gasteiger partial charge is 0.481 e. The van der Waals surface area contributed by atoms with Crippen molar-refractivity contribution in [1.82, 2.24) is 15.1 Å². The first-order valence-electron chi connectivity index (χ1n) is 8.06. The van der Waals surface area contributed by atoms with Crippen LogP contribution >= 0.6 is 0 Å². The molecule has 1 N–H and O–H groups in total. The quantitative estimate of drug-likeness (QED) is 0.917. The van der Waals surface area contributed by atoms with Gasteiger partial charge in [0.05, 0.1) is 0 Å². The smallest absolute Gasteiger partial charge is 0.317 e. The fraction of sp³-hybridized carbons (Fsp3) is 0.529. The Morgan fingerprint density at radius 1 is 1.13 bits per heavy atom. The van der Waals surface area contributed by atoms with Crippen LogP contribution < -0.4 is 10.1 Å². The van der Waals surface area contributed by atoms with E-state index in [1.807, 2.05) is 38.1 Å². The second-order valence-electron chi connectivity index (χ2n) is 5.72. The van der Waals surface area contributed by atoms with Crippen molar-refractivity contribution < 1.29 is 14.3 Å². The first-order valence-corrected chi connectivity index (χ1v) is 8.06. The Morgan fingerprint density at radius 2 is 1.70 bits per heavy atom. The lowest BCUT2D eigenvalue weighted by molar-refractivity contribution is -0.139. The fourth-order valence-electron chi connectivity index (χ4n) is 2.52. The number of amides is 3. The molecule has 1 unspecified atom stereocenters. The maximum absolute atomic E-state index is 12.5. The van der Waals surface area contributed by atoms with Gasteiger partial charge < -0.3 is 19.9 Å². The van der Waals surface area contributed by atoms with Crippen LogP contribution in [-0.4, -0.2) is 60.6 Å². The topological polar surface area (TPSA) is 61.9 Å². The summed E-state index contributed by atoms with van der Waals surface area (Å²) >= 11 is 0. The number of aryl methyl sites for hydroxylation is 1. The number of carbonyl (C=O) groups excluding carboxylic acids is 2. The lowest BCUT2D eigenvalue weighted by Crippen LogP contribution is -2.55. The van der Waals surface area contributed by atoms with Crippen LogP contribution in [0.15, 0.2) is 24.3 Å². The predicted octanol–water partition coefficient (Wildman–Crippen LogP) is 1.64. The van der Waals surface area contributed by atoms with E-state index in [0.717, 1.165) is 5.56 Å². The van der Waals surface area contributed by atoms with Gasteiger partial charge in [0.15, 0.2) is 6.10 Å². The molecule has 3 amide bonds. The number of hydrogen-bond donors (Lipinski definition) is 1. The monoisotopic (exact) mass is 319 g/mol. The number of piperazine rings is 1. The number of rotatable bonds is 4. The molecule has 0 spiro atoms. The van der Waals surface area contributed by atoms with Crippen molar-refractivity contribution in [2.75, 3.05) is 32.7 Å². The highest BCUT2D eigenvalue weighted by molar-refractivity contribution is 5.81. The molecule has 23 heavy (non-hydrogen) atoms. The normalized spacial score (nSPS) is 16.0. The molecule has 1 aromatic carbocycles. The minimum atomic E-state index is -0.534. The van der Waals surface area contributed by atoms with Gasteiger partial charge in [-0.05, 0) is 32.9 Å². The molecule has 1 fully saturated rings. The lowest BCUT2D eigenvalue weighted by atomic mass is 10.2. The maximum Gasteiger partial charge on any atom is 0.317 e. The molecule has 0 saturated carbocycles. The number of urea groups is 1. The fourth-order valence-corrected chi connectivity index (χ4v) is 2.52. The van der Waals surface area contributed by atoms with Crippen molar-refractivity contribution in [2.24, 2.45) is 0 Å². The van der Waals surface area contributed by atoms with Crippen LogP contribution in [0.25, 0.3) is 0 Å². The van der Waals surface area contributed by atoms with Crippen LogP contribution in [0.5, 0.6) is 5.75 Å². The minimum absolute atomic E-state index is 0.0406. The van der Waals surface area contributed by atoms with Gasteiger partial charge in [0, 0.05) is 32.7 Å². The highest BCUT2D eigenvalue weighted by Crippen LogP contribution is 2.15. The number of benzene rings is 1. The summed E-state index contributed by atoms with van der Waals surface area (Å²) in [5.41, 5.74) is 1.15. The van der Waals surface area contributed by atoms with Crippen LogP contribution in [0, 0.1) is 6.92 Å². The van der Waals surface area contributed by atoms with Crippen LogP contribution in [0.3, 0.4) is 0 Å². The molecule has 0 aliphatic carbocycles. The summed E-state index contributed by atoms with van der Waals surface area (Å²) < 4.78 is 5.71. The SMILES string of the molecule is CCNC(=O)N1CCN(C(=O)C(C)Oc2ccc(C)cc2)CC1. The third-order valence-electron chi connectivity index (χ3n) is 3.89. The number of carbonyl (C=O) groups is 2. The molecule has 0 radical (unpaired) electrons. The summed E-state index contributed by atoms with van der Waals surface area (Å²) in [6.45, 7) is 8.45. The minimum Gasteiger partial charge on any atom is -0.481 e. The lowest BCUT2D eigenvalue weighted by Gasteiger charge is -2.35. The van der Waals surface area contributed by atoms with E-state index in [4.69, 9.17) is 4.74 Å². The van der Waals surface area contributed by atoms with Gasteiger partial charge in [-0.15, -0.1) is 0 Å². The Bertz CT molecular complexity index is 537. The van der Waals surface area contributed by atoms with Gasteiger partial charge >= 0.3 is 6.03 Å². The Labute approximate surface area is 137 Å². The van der Waals surface area contributed by atoms with E-state index >= 15 is 0 Å². The van der Waals surface area contributed by atoms with Crippen molar-refractivity contribution in [3.05, 3.63) is 29.8 Å². The summed E-state index contributed by atoms with van der Waals surface area (Å²) in [7, 11) is 0. The molecular weight excluding hydrogens is 294 g/mol. The third kappa shape index (κ3) is 4.61. The zero-order valence-corrected chi connectivity index (χ0v) is 14.0. The molecule has 2 rings (SSSR count). The molecule has 6 nitrogen and oxygen atoms in total. The van der Waals surface area contributed by atoms with E-state index < -0.39 is 6.10 Å². The first-order chi connectivity index (χ1) is 11.0. The average molecular weight is 319 g/mol. The number of nitrogens with zero attached hydrogens (tertiary/aromatic N) is 2. The van der Waals surface area contributed by atoms with Gasteiger partial charge in [0.25, 0.3) is 5.91 Å². The second kappa shape index (κ2) is 7.85. The molecule has 6 heteroatoms. The molecule has 1 saturated heterocycles. The number of nitrogens with one attached hydrogen (secondary N) is 1. The molecule has 1 aromatic rings. The first kappa shape index (κ1) is 17.1. The van der Waals surface area contributed by atoms with E-state index in [1.165, 1.54) is 0 Å². The van der Waals surface area contributed by atoms with Crippen molar-refractivity contribution in [3.63, 3.8) is 0 Å². The summed E-state index contributed by atoms with van der Waals surface area (Å²) in [4.78, 5) is 27.7. The summed E-state index contributed by atoms with van der Waals surface area (Å²) in [5.74, 6) is 0.651. The highest BCUT2D eigenvalue weighted by atomic mass is 16.5. The standard InChI is InChI=1S/C17H25N3O3/c1-4-18-17(22)20-11-9-19(10-12-20)16(21)14(3)23-15-7-5-13(2)6-8-15/h5-8,14H,4,9-12H2,1-3H3,(H,18,22). The second-order valence-corrected chi connectivity index (χ2v) is 5.72. The molecule has 0 aromatic heterocycles. The van der Waals surface area contributed by atoms with Crippen molar-refractivity contribution in [3.8, 4) is 5.75 Å². The summed E-state index contributed by atoms with van der Waals surface area (Å²) in [5, 5.41) is 2.78. The summed E-state index contributed by atoms with van der Waals surface area (Å²) in [6, 6.07) is 7.58. The Morgan fingerprint density at radius 3 is 2.26 bits per heavy atom. The number of hydrogen-bond acceptors (Lipinski definition) is 3. The predicted molar refractivity (Wildman–Crippen MR) is 88.5 cm³/mol. The van der Waals surface area contributed by atoms with Crippen LogP contribution in [-0.2, 0) is 4.79 Å².